The number of halogens is 1. The number of carbonyl (C=O) groups excluding carboxylic acids is 1. The molecular formula is C14H20FNO2S. The largest absolute Gasteiger partial charge is 0.394 e. The normalized spacial score (nSPS) is 12.5. The third kappa shape index (κ3) is 4.84. The number of aliphatic hydroxyl groups is 1. The Bertz CT molecular complexity index is 437. The standard InChI is InChI=1S/C14H20FNO2S/c1-9(2)6-11(8-17)16-14(18)10-4-5-12(15)13(7-10)19-3/h4-5,7,9,11,17H,6,8H2,1-3H3,(H,16,18). The lowest BCUT2D eigenvalue weighted by Crippen LogP contribution is -2.38. The molecule has 2 N–H and O–H groups in total. The number of amides is 1. The molecule has 0 fully saturated rings. The Kier molecular flexibility index (Phi) is 6.31. The van der Waals surface area contributed by atoms with Crippen LogP contribution in [0, 0.1) is 11.7 Å². The van der Waals surface area contributed by atoms with E-state index in [-0.39, 0.29) is 24.4 Å². The predicted octanol–water partition coefficient (Wildman–Crippen LogP) is 2.68. The van der Waals surface area contributed by atoms with Crippen LogP contribution < -0.4 is 5.32 Å². The van der Waals surface area contributed by atoms with Crippen molar-refractivity contribution < 1.29 is 14.3 Å². The van der Waals surface area contributed by atoms with E-state index in [1.807, 2.05) is 13.8 Å². The van der Waals surface area contributed by atoms with Crippen LogP contribution in [0.2, 0.25) is 0 Å². The smallest absolute Gasteiger partial charge is 0.251 e. The molecule has 0 bridgehead atoms. The number of thioether (sulfide) groups is 1. The van der Waals surface area contributed by atoms with Crippen LogP contribution in [0.5, 0.6) is 0 Å². The Labute approximate surface area is 117 Å². The summed E-state index contributed by atoms with van der Waals surface area (Å²) in [5, 5.41) is 12.0. The van der Waals surface area contributed by atoms with Gasteiger partial charge in [-0.15, -0.1) is 11.8 Å². The van der Waals surface area contributed by atoms with Crippen molar-refractivity contribution in [2.45, 2.75) is 31.2 Å². The van der Waals surface area contributed by atoms with Gasteiger partial charge in [-0.1, -0.05) is 13.8 Å². The third-order valence-electron chi connectivity index (χ3n) is 2.72. The van der Waals surface area contributed by atoms with Crippen molar-refractivity contribution in [3.63, 3.8) is 0 Å². The first-order chi connectivity index (χ1) is 8.97. The average Bonchev–Trinajstić information content (AvgIpc) is 2.37. The molecule has 1 aromatic carbocycles. The fourth-order valence-corrected chi connectivity index (χ4v) is 2.33. The molecule has 0 aromatic heterocycles. The highest BCUT2D eigenvalue weighted by Crippen LogP contribution is 2.20. The predicted molar refractivity (Wildman–Crippen MR) is 76.0 cm³/mol. The molecule has 3 nitrogen and oxygen atoms in total. The van der Waals surface area contributed by atoms with Crippen LogP contribution in [0.25, 0.3) is 0 Å². The lowest BCUT2D eigenvalue weighted by Gasteiger charge is -2.18. The number of hydrogen-bond acceptors (Lipinski definition) is 3. The topological polar surface area (TPSA) is 49.3 Å². The minimum atomic E-state index is -0.329. The van der Waals surface area contributed by atoms with Gasteiger partial charge in [0, 0.05) is 10.5 Å². The van der Waals surface area contributed by atoms with Crippen LogP contribution in [-0.2, 0) is 0 Å². The van der Waals surface area contributed by atoms with Crippen LogP contribution >= 0.6 is 11.8 Å². The van der Waals surface area contributed by atoms with E-state index in [4.69, 9.17) is 0 Å². The van der Waals surface area contributed by atoms with Gasteiger partial charge in [0.25, 0.3) is 5.91 Å². The van der Waals surface area contributed by atoms with Crippen LogP contribution in [-0.4, -0.2) is 29.9 Å². The summed E-state index contributed by atoms with van der Waals surface area (Å²) < 4.78 is 13.3. The number of rotatable bonds is 6. The summed E-state index contributed by atoms with van der Waals surface area (Å²) in [6, 6.07) is 4.00. The molecule has 0 aliphatic carbocycles. The highest BCUT2D eigenvalue weighted by Gasteiger charge is 2.15. The van der Waals surface area contributed by atoms with Crippen molar-refractivity contribution >= 4 is 17.7 Å². The monoisotopic (exact) mass is 285 g/mol. The maximum absolute atomic E-state index is 13.3. The molecule has 1 amide bonds. The Morgan fingerprint density at radius 1 is 1.47 bits per heavy atom. The van der Waals surface area contributed by atoms with Gasteiger partial charge in [-0.2, -0.15) is 0 Å². The molecule has 0 aliphatic heterocycles. The van der Waals surface area contributed by atoms with Crippen molar-refractivity contribution in [2.75, 3.05) is 12.9 Å². The summed E-state index contributed by atoms with van der Waals surface area (Å²) >= 11 is 1.26. The number of benzene rings is 1. The second-order valence-electron chi connectivity index (χ2n) is 4.83. The lowest BCUT2D eigenvalue weighted by molar-refractivity contribution is 0.0908. The first-order valence-electron chi connectivity index (χ1n) is 6.23. The minimum Gasteiger partial charge on any atom is -0.394 e. The zero-order chi connectivity index (χ0) is 14.4. The van der Waals surface area contributed by atoms with E-state index in [0.29, 0.717) is 22.8 Å². The second kappa shape index (κ2) is 7.50. The van der Waals surface area contributed by atoms with Gasteiger partial charge < -0.3 is 10.4 Å². The summed E-state index contributed by atoms with van der Waals surface area (Å²) in [7, 11) is 0. The molecule has 0 radical (unpaired) electrons. The fraction of sp³-hybridized carbons (Fsp3) is 0.500. The molecule has 1 rings (SSSR count). The Morgan fingerprint density at radius 2 is 2.16 bits per heavy atom. The second-order valence-corrected chi connectivity index (χ2v) is 5.68. The quantitative estimate of drug-likeness (QED) is 0.790. The average molecular weight is 285 g/mol. The molecule has 0 spiro atoms. The molecule has 0 heterocycles. The van der Waals surface area contributed by atoms with Crippen LogP contribution in [0.4, 0.5) is 4.39 Å². The number of hydrogen-bond donors (Lipinski definition) is 2. The summed E-state index contributed by atoms with van der Waals surface area (Å²) in [5.74, 6) is -0.229. The van der Waals surface area contributed by atoms with Crippen molar-refractivity contribution in [3.05, 3.63) is 29.6 Å². The molecule has 1 atom stereocenters. The molecule has 1 unspecified atom stereocenters. The number of carbonyl (C=O) groups is 1. The van der Waals surface area contributed by atoms with Gasteiger partial charge in [-0.25, -0.2) is 4.39 Å². The maximum Gasteiger partial charge on any atom is 0.251 e. The molecule has 0 saturated heterocycles. The molecule has 1 aromatic rings. The van der Waals surface area contributed by atoms with Gasteiger partial charge in [0.1, 0.15) is 5.82 Å². The fourth-order valence-electron chi connectivity index (χ4n) is 1.82. The number of nitrogens with one attached hydrogen (secondary N) is 1. The molecule has 106 valence electrons. The van der Waals surface area contributed by atoms with E-state index in [1.54, 1.807) is 6.26 Å². The first-order valence-corrected chi connectivity index (χ1v) is 7.45. The lowest BCUT2D eigenvalue weighted by atomic mass is 10.0. The van der Waals surface area contributed by atoms with E-state index in [0.717, 1.165) is 0 Å². The third-order valence-corrected chi connectivity index (χ3v) is 3.48. The summed E-state index contributed by atoms with van der Waals surface area (Å²) in [6.07, 6.45) is 2.47. The maximum atomic E-state index is 13.3. The van der Waals surface area contributed by atoms with E-state index < -0.39 is 0 Å². The highest BCUT2D eigenvalue weighted by atomic mass is 32.2. The minimum absolute atomic E-state index is 0.0967. The number of aliphatic hydroxyl groups excluding tert-OH is 1. The van der Waals surface area contributed by atoms with Crippen LogP contribution in [0.15, 0.2) is 23.1 Å². The molecule has 19 heavy (non-hydrogen) atoms. The van der Waals surface area contributed by atoms with E-state index in [2.05, 4.69) is 5.32 Å². The highest BCUT2D eigenvalue weighted by molar-refractivity contribution is 7.98. The Hall–Kier alpha value is -1.07. The zero-order valence-corrected chi connectivity index (χ0v) is 12.3. The van der Waals surface area contributed by atoms with Gasteiger partial charge in [0.15, 0.2) is 0 Å². The molecular weight excluding hydrogens is 265 g/mol. The van der Waals surface area contributed by atoms with Gasteiger partial charge in [-0.05, 0) is 36.8 Å². The Morgan fingerprint density at radius 3 is 2.68 bits per heavy atom. The SMILES string of the molecule is CSc1cc(C(=O)NC(CO)CC(C)C)ccc1F. The van der Waals surface area contributed by atoms with E-state index in [9.17, 15) is 14.3 Å². The molecule has 0 aliphatic rings. The van der Waals surface area contributed by atoms with Gasteiger partial charge in [0.2, 0.25) is 0 Å². The van der Waals surface area contributed by atoms with Gasteiger partial charge >= 0.3 is 0 Å². The summed E-state index contributed by atoms with van der Waals surface area (Å²) in [5.41, 5.74) is 0.410. The molecule has 5 heteroatoms. The summed E-state index contributed by atoms with van der Waals surface area (Å²) in [4.78, 5) is 12.5. The van der Waals surface area contributed by atoms with E-state index in [1.165, 1.54) is 30.0 Å². The van der Waals surface area contributed by atoms with Crippen molar-refractivity contribution in [1.29, 1.82) is 0 Å². The summed E-state index contributed by atoms with van der Waals surface area (Å²) in [6.45, 7) is 3.96. The van der Waals surface area contributed by atoms with Gasteiger partial charge in [0.05, 0.1) is 12.6 Å². The van der Waals surface area contributed by atoms with Crippen molar-refractivity contribution in [2.24, 2.45) is 5.92 Å². The van der Waals surface area contributed by atoms with Crippen LogP contribution in [0.1, 0.15) is 30.6 Å². The van der Waals surface area contributed by atoms with E-state index >= 15 is 0 Å². The van der Waals surface area contributed by atoms with Gasteiger partial charge in [-0.3, -0.25) is 4.79 Å². The Balaban J connectivity index is 2.77. The van der Waals surface area contributed by atoms with Crippen molar-refractivity contribution in [3.8, 4) is 0 Å². The first kappa shape index (κ1) is 16.0. The van der Waals surface area contributed by atoms with Crippen molar-refractivity contribution in [1.82, 2.24) is 5.32 Å². The van der Waals surface area contributed by atoms with Crippen LogP contribution in [0.3, 0.4) is 0 Å². The molecule has 0 saturated carbocycles. The zero-order valence-electron chi connectivity index (χ0n) is 11.4.